The zero-order chi connectivity index (χ0) is 8.43. The topological polar surface area (TPSA) is 59.4 Å². The molecule has 3 nitrogen and oxygen atoms in total. The van der Waals surface area contributed by atoms with Crippen LogP contribution in [0.2, 0.25) is 0 Å². The molecule has 0 unspecified atom stereocenters. The Balaban J connectivity index is 2.93. The van der Waals surface area contributed by atoms with Crippen LogP contribution in [0.4, 0.5) is 0 Å². The molecule has 0 spiro atoms. The van der Waals surface area contributed by atoms with Crippen LogP contribution in [0, 0.1) is 6.92 Å². The highest BCUT2D eigenvalue weighted by molar-refractivity contribution is 9.10. The van der Waals surface area contributed by atoms with Crippen LogP contribution in [0.15, 0.2) is 15.2 Å². The van der Waals surface area contributed by atoms with E-state index in [0.29, 0.717) is 10.4 Å². The maximum Gasteiger partial charge on any atom is 0.169 e. The highest BCUT2D eigenvalue weighted by Crippen LogP contribution is 2.24. The van der Waals surface area contributed by atoms with Gasteiger partial charge in [0.1, 0.15) is 11.9 Å². The molecular weight excluding hydrogens is 210 g/mol. The molecule has 1 aromatic rings. The van der Waals surface area contributed by atoms with Crippen molar-refractivity contribution in [2.45, 2.75) is 13.0 Å². The molecule has 0 aliphatic carbocycles. The molecule has 0 aliphatic heterocycles. The molecule has 0 bridgehead atoms. The minimum absolute atomic E-state index is 0.181. The van der Waals surface area contributed by atoms with E-state index in [-0.39, 0.29) is 6.54 Å². The first-order valence-electron chi connectivity index (χ1n) is 3.29. The normalized spacial score (nSPS) is 13.5. The van der Waals surface area contributed by atoms with Gasteiger partial charge in [-0.3, -0.25) is 0 Å². The second-order valence-corrected chi connectivity index (χ2v) is 3.13. The van der Waals surface area contributed by atoms with Crippen molar-refractivity contribution in [1.29, 1.82) is 0 Å². The van der Waals surface area contributed by atoms with Gasteiger partial charge in [0.25, 0.3) is 0 Å². The lowest BCUT2D eigenvalue weighted by Crippen LogP contribution is -2.11. The van der Waals surface area contributed by atoms with E-state index in [1.54, 1.807) is 6.07 Å². The summed E-state index contributed by atoms with van der Waals surface area (Å²) in [5.74, 6) is 0.541. The lowest BCUT2D eigenvalue weighted by atomic mass is 10.2. The van der Waals surface area contributed by atoms with Gasteiger partial charge in [-0.2, -0.15) is 0 Å². The van der Waals surface area contributed by atoms with Crippen molar-refractivity contribution in [3.05, 3.63) is 22.1 Å². The van der Waals surface area contributed by atoms with Gasteiger partial charge >= 0.3 is 0 Å². The van der Waals surface area contributed by atoms with E-state index in [4.69, 9.17) is 10.2 Å². The maximum absolute atomic E-state index is 9.28. The lowest BCUT2D eigenvalue weighted by molar-refractivity contribution is 0.155. The summed E-state index contributed by atoms with van der Waals surface area (Å²) in [6.45, 7) is 2.04. The highest BCUT2D eigenvalue weighted by atomic mass is 79.9. The van der Waals surface area contributed by atoms with E-state index in [0.717, 1.165) is 5.56 Å². The van der Waals surface area contributed by atoms with Gasteiger partial charge in [-0.25, -0.2) is 0 Å². The van der Waals surface area contributed by atoms with E-state index in [9.17, 15) is 5.11 Å². The Labute approximate surface area is 73.3 Å². The van der Waals surface area contributed by atoms with Crippen LogP contribution in [0.25, 0.3) is 0 Å². The molecule has 0 fully saturated rings. The summed E-state index contributed by atoms with van der Waals surface area (Å²) >= 11 is 3.16. The molecule has 0 radical (unpaired) electrons. The van der Waals surface area contributed by atoms with Gasteiger partial charge in [0.2, 0.25) is 0 Å². The van der Waals surface area contributed by atoms with Crippen LogP contribution in [-0.2, 0) is 0 Å². The Morgan fingerprint density at radius 3 is 2.82 bits per heavy atom. The first-order chi connectivity index (χ1) is 5.15. The maximum atomic E-state index is 9.28. The standard InChI is InChI=1S/C7H10BrNO2/c1-4-2-6(8)11-7(4)5(10)3-9/h2,5,10H,3,9H2,1H3/t5-/m1/s1. The Morgan fingerprint density at radius 2 is 2.45 bits per heavy atom. The molecule has 0 saturated carbocycles. The number of nitrogens with two attached hydrogens (primary N) is 1. The zero-order valence-electron chi connectivity index (χ0n) is 6.17. The van der Waals surface area contributed by atoms with Crippen molar-refractivity contribution < 1.29 is 9.52 Å². The SMILES string of the molecule is Cc1cc(Br)oc1[C@H](O)CN. The molecule has 1 aromatic heterocycles. The highest BCUT2D eigenvalue weighted by Gasteiger charge is 2.13. The van der Waals surface area contributed by atoms with Crippen molar-refractivity contribution in [2.75, 3.05) is 6.54 Å². The summed E-state index contributed by atoms with van der Waals surface area (Å²) in [6, 6.07) is 1.80. The summed E-state index contributed by atoms with van der Waals surface area (Å²) in [5, 5.41) is 9.28. The van der Waals surface area contributed by atoms with Gasteiger partial charge in [0.05, 0.1) is 0 Å². The van der Waals surface area contributed by atoms with Gasteiger partial charge in [-0.05, 0) is 34.5 Å². The Kier molecular flexibility index (Phi) is 2.70. The first-order valence-corrected chi connectivity index (χ1v) is 4.08. The molecule has 4 heteroatoms. The minimum atomic E-state index is -0.693. The van der Waals surface area contributed by atoms with E-state index >= 15 is 0 Å². The van der Waals surface area contributed by atoms with Crippen molar-refractivity contribution >= 4 is 15.9 Å². The van der Waals surface area contributed by atoms with Crippen molar-refractivity contribution in [1.82, 2.24) is 0 Å². The Hall–Kier alpha value is -0.320. The van der Waals surface area contributed by atoms with Crippen LogP contribution in [0.1, 0.15) is 17.4 Å². The summed E-state index contributed by atoms with van der Waals surface area (Å²) in [5.41, 5.74) is 6.17. The van der Waals surface area contributed by atoms with Crippen molar-refractivity contribution in [2.24, 2.45) is 5.73 Å². The first kappa shape index (κ1) is 8.77. The van der Waals surface area contributed by atoms with Crippen molar-refractivity contribution in [3.8, 4) is 0 Å². The molecule has 0 aromatic carbocycles. The second kappa shape index (κ2) is 3.38. The molecule has 1 atom stereocenters. The largest absolute Gasteiger partial charge is 0.451 e. The monoisotopic (exact) mass is 219 g/mol. The second-order valence-electron chi connectivity index (χ2n) is 2.35. The summed E-state index contributed by atoms with van der Waals surface area (Å²) in [6.07, 6.45) is -0.693. The molecule has 11 heavy (non-hydrogen) atoms. The number of aryl methyl sites for hydroxylation is 1. The van der Waals surface area contributed by atoms with Gasteiger partial charge in [-0.15, -0.1) is 0 Å². The Morgan fingerprint density at radius 1 is 1.82 bits per heavy atom. The molecule has 1 heterocycles. The third kappa shape index (κ3) is 1.83. The number of hydrogen-bond donors (Lipinski definition) is 2. The number of halogens is 1. The third-order valence-corrected chi connectivity index (χ3v) is 1.84. The van der Waals surface area contributed by atoms with Gasteiger partial charge in [0, 0.05) is 6.54 Å². The average molecular weight is 220 g/mol. The van der Waals surface area contributed by atoms with Gasteiger partial charge in [0.15, 0.2) is 4.67 Å². The van der Waals surface area contributed by atoms with Crippen LogP contribution in [0.5, 0.6) is 0 Å². The number of rotatable bonds is 2. The number of aliphatic hydroxyl groups excluding tert-OH is 1. The fraction of sp³-hybridized carbons (Fsp3) is 0.429. The molecule has 1 rings (SSSR count). The van der Waals surface area contributed by atoms with Gasteiger partial charge in [-0.1, -0.05) is 0 Å². The predicted octanol–water partition coefficient (Wildman–Crippen LogP) is 1.34. The molecular formula is C7H10BrNO2. The van der Waals surface area contributed by atoms with E-state index in [2.05, 4.69) is 15.9 Å². The van der Waals surface area contributed by atoms with E-state index in [1.165, 1.54) is 0 Å². The molecule has 0 amide bonds. The summed E-state index contributed by atoms with van der Waals surface area (Å²) in [4.78, 5) is 0. The van der Waals surface area contributed by atoms with Crippen LogP contribution in [-0.4, -0.2) is 11.7 Å². The van der Waals surface area contributed by atoms with Crippen LogP contribution < -0.4 is 5.73 Å². The number of furan rings is 1. The number of hydrogen-bond acceptors (Lipinski definition) is 3. The zero-order valence-corrected chi connectivity index (χ0v) is 7.76. The van der Waals surface area contributed by atoms with E-state index in [1.807, 2.05) is 6.92 Å². The fourth-order valence-corrected chi connectivity index (χ4v) is 1.41. The third-order valence-electron chi connectivity index (χ3n) is 1.45. The molecule has 0 aliphatic rings. The molecule has 62 valence electrons. The summed E-state index contributed by atoms with van der Waals surface area (Å²) in [7, 11) is 0. The van der Waals surface area contributed by atoms with Crippen LogP contribution >= 0.6 is 15.9 Å². The minimum Gasteiger partial charge on any atom is -0.451 e. The average Bonchev–Trinajstić information content (AvgIpc) is 2.28. The fourth-order valence-electron chi connectivity index (χ4n) is 0.894. The lowest BCUT2D eigenvalue weighted by Gasteiger charge is -2.03. The van der Waals surface area contributed by atoms with Gasteiger partial charge < -0.3 is 15.3 Å². The molecule has 3 N–H and O–H groups in total. The predicted molar refractivity (Wildman–Crippen MR) is 45.2 cm³/mol. The number of aliphatic hydroxyl groups is 1. The summed E-state index contributed by atoms with van der Waals surface area (Å²) < 4.78 is 5.78. The smallest absolute Gasteiger partial charge is 0.169 e. The van der Waals surface area contributed by atoms with Crippen LogP contribution in [0.3, 0.4) is 0 Å². The molecule has 0 saturated heterocycles. The Bertz CT molecular complexity index is 247. The van der Waals surface area contributed by atoms with Crippen molar-refractivity contribution in [3.63, 3.8) is 0 Å². The quantitative estimate of drug-likeness (QED) is 0.790. The van der Waals surface area contributed by atoms with E-state index < -0.39 is 6.10 Å².